The van der Waals surface area contributed by atoms with Crippen LogP contribution in [0.1, 0.15) is 6.92 Å². The van der Waals surface area contributed by atoms with E-state index in [0.29, 0.717) is 28.9 Å². The van der Waals surface area contributed by atoms with E-state index in [1.54, 1.807) is 25.1 Å². The Balaban J connectivity index is 0.00000289. The minimum atomic E-state index is -0.612. The highest BCUT2D eigenvalue weighted by Gasteiger charge is 2.14. The van der Waals surface area contributed by atoms with Crippen LogP contribution >= 0.6 is 35.6 Å². The highest BCUT2D eigenvalue weighted by atomic mass is 35.5. The number of benzene rings is 1. The summed E-state index contributed by atoms with van der Waals surface area (Å²) in [5.74, 6) is 0.274. The second kappa shape index (κ2) is 8.43. The number of nitrogens with one attached hydrogen (secondary N) is 1. The van der Waals surface area contributed by atoms with E-state index in [2.05, 4.69) is 5.32 Å². The fourth-order valence-corrected chi connectivity index (χ4v) is 1.43. The predicted octanol–water partition coefficient (Wildman–Crippen LogP) is 2.26. The Kier molecular flexibility index (Phi) is 8.11. The molecule has 0 aliphatic rings. The highest BCUT2D eigenvalue weighted by molar-refractivity contribution is 6.42. The first-order valence-electron chi connectivity index (χ1n) is 5.14. The monoisotopic (exact) mass is 312 g/mol. The van der Waals surface area contributed by atoms with Crippen molar-refractivity contribution in [2.75, 3.05) is 13.1 Å². The second-order valence-electron chi connectivity index (χ2n) is 3.42. The van der Waals surface area contributed by atoms with Gasteiger partial charge in [-0.05, 0) is 19.1 Å². The van der Waals surface area contributed by atoms with Gasteiger partial charge >= 0.3 is 0 Å². The van der Waals surface area contributed by atoms with Gasteiger partial charge in [-0.2, -0.15) is 0 Å². The third-order valence-electron chi connectivity index (χ3n) is 2.02. The third-order valence-corrected chi connectivity index (χ3v) is 2.76. The maximum atomic E-state index is 11.5. The summed E-state index contributed by atoms with van der Waals surface area (Å²) in [6.07, 6.45) is -0.612. The molecule has 1 unspecified atom stereocenters. The average Bonchev–Trinajstić information content (AvgIpc) is 2.30. The summed E-state index contributed by atoms with van der Waals surface area (Å²) in [5.41, 5.74) is 5.28. The van der Waals surface area contributed by atoms with Crippen molar-refractivity contribution in [2.45, 2.75) is 13.0 Å². The summed E-state index contributed by atoms with van der Waals surface area (Å²) in [5, 5.41) is 3.46. The molecule has 0 heterocycles. The number of amides is 1. The Morgan fingerprint density at radius 3 is 2.67 bits per heavy atom. The second-order valence-corrected chi connectivity index (χ2v) is 4.23. The van der Waals surface area contributed by atoms with E-state index < -0.39 is 6.10 Å². The lowest BCUT2D eigenvalue weighted by Gasteiger charge is -2.14. The van der Waals surface area contributed by atoms with Crippen molar-refractivity contribution in [3.8, 4) is 5.75 Å². The molecular weight excluding hydrogens is 298 g/mol. The van der Waals surface area contributed by atoms with Crippen molar-refractivity contribution in [2.24, 2.45) is 5.73 Å². The number of hydrogen-bond donors (Lipinski definition) is 2. The van der Waals surface area contributed by atoms with E-state index in [4.69, 9.17) is 33.7 Å². The summed E-state index contributed by atoms with van der Waals surface area (Å²) in [6.45, 7) is 2.47. The Morgan fingerprint density at radius 1 is 1.44 bits per heavy atom. The van der Waals surface area contributed by atoms with Crippen molar-refractivity contribution >= 4 is 41.5 Å². The third kappa shape index (κ3) is 5.31. The summed E-state index contributed by atoms with van der Waals surface area (Å²) in [4.78, 5) is 11.5. The zero-order chi connectivity index (χ0) is 12.8. The molecule has 1 rings (SSSR count). The molecule has 4 nitrogen and oxygen atoms in total. The Bertz CT molecular complexity index is 402. The van der Waals surface area contributed by atoms with Gasteiger partial charge in [0.15, 0.2) is 6.10 Å². The Morgan fingerprint density at radius 2 is 2.11 bits per heavy atom. The van der Waals surface area contributed by atoms with Crippen molar-refractivity contribution in [3.63, 3.8) is 0 Å². The molecule has 0 saturated carbocycles. The van der Waals surface area contributed by atoms with Crippen LogP contribution in [0.4, 0.5) is 0 Å². The first kappa shape index (κ1) is 17.3. The van der Waals surface area contributed by atoms with Gasteiger partial charge in [-0.25, -0.2) is 0 Å². The van der Waals surface area contributed by atoms with Crippen LogP contribution in [0.5, 0.6) is 5.75 Å². The van der Waals surface area contributed by atoms with Crippen LogP contribution in [-0.4, -0.2) is 25.1 Å². The molecule has 0 bridgehead atoms. The number of ether oxygens (including phenoxy) is 1. The minimum Gasteiger partial charge on any atom is -0.481 e. The topological polar surface area (TPSA) is 64.3 Å². The van der Waals surface area contributed by atoms with E-state index >= 15 is 0 Å². The summed E-state index contributed by atoms with van der Waals surface area (Å²) >= 11 is 11.6. The molecule has 102 valence electrons. The Labute approximate surface area is 122 Å². The van der Waals surface area contributed by atoms with Gasteiger partial charge in [-0.15, -0.1) is 12.4 Å². The number of carbonyl (C=O) groups is 1. The van der Waals surface area contributed by atoms with Crippen LogP contribution in [0.15, 0.2) is 18.2 Å². The van der Waals surface area contributed by atoms with Gasteiger partial charge in [-0.1, -0.05) is 23.2 Å². The zero-order valence-electron chi connectivity index (χ0n) is 9.78. The summed E-state index contributed by atoms with van der Waals surface area (Å²) in [7, 11) is 0. The quantitative estimate of drug-likeness (QED) is 0.876. The molecule has 1 aromatic rings. The van der Waals surface area contributed by atoms with E-state index in [1.807, 2.05) is 0 Å². The van der Waals surface area contributed by atoms with Crippen LogP contribution in [0, 0.1) is 0 Å². The van der Waals surface area contributed by atoms with Crippen LogP contribution in [0.25, 0.3) is 0 Å². The van der Waals surface area contributed by atoms with Crippen LogP contribution in [0.3, 0.4) is 0 Å². The van der Waals surface area contributed by atoms with Crippen molar-refractivity contribution in [1.82, 2.24) is 5.32 Å². The molecular formula is C11H15Cl3N2O2. The van der Waals surface area contributed by atoms with E-state index in [-0.39, 0.29) is 18.3 Å². The fourth-order valence-electron chi connectivity index (χ4n) is 1.15. The molecule has 3 N–H and O–H groups in total. The van der Waals surface area contributed by atoms with Gasteiger partial charge in [0.2, 0.25) is 0 Å². The molecule has 0 fully saturated rings. The van der Waals surface area contributed by atoms with Gasteiger partial charge in [0, 0.05) is 19.2 Å². The smallest absolute Gasteiger partial charge is 0.260 e. The first-order chi connectivity index (χ1) is 8.04. The minimum absolute atomic E-state index is 0. The van der Waals surface area contributed by atoms with Gasteiger partial charge in [0.25, 0.3) is 5.91 Å². The zero-order valence-corrected chi connectivity index (χ0v) is 12.1. The van der Waals surface area contributed by atoms with E-state index in [0.717, 1.165) is 0 Å². The average molecular weight is 314 g/mol. The molecule has 18 heavy (non-hydrogen) atoms. The van der Waals surface area contributed by atoms with Gasteiger partial charge in [0.05, 0.1) is 10.0 Å². The van der Waals surface area contributed by atoms with E-state index in [1.165, 1.54) is 0 Å². The Hall–Kier alpha value is -0.680. The lowest BCUT2D eigenvalue weighted by Crippen LogP contribution is -2.38. The molecule has 0 radical (unpaired) electrons. The number of rotatable bonds is 5. The predicted molar refractivity (Wildman–Crippen MR) is 75.9 cm³/mol. The van der Waals surface area contributed by atoms with Crippen LogP contribution in [0.2, 0.25) is 10.0 Å². The summed E-state index contributed by atoms with van der Waals surface area (Å²) in [6, 6.07) is 4.83. The molecule has 0 aromatic heterocycles. The largest absolute Gasteiger partial charge is 0.481 e. The number of carbonyl (C=O) groups excluding carboxylic acids is 1. The molecule has 0 saturated heterocycles. The molecule has 7 heteroatoms. The highest BCUT2D eigenvalue weighted by Crippen LogP contribution is 2.26. The van der Waals surface area contributed by atoms with Crippen LogP contribution < -0.4 is 15.8 Å². The van der Waals surface area contributed by atoms with Crippen molar-refractivity contribution in [1.29, 1.82) is 0 Å². The standard InChI is InChI=1S/C11H14Cl2N2O2.ClH/c1-7(11(16)15-5-4-14)17-8-2-3-9(12)10(13)6-8;/h2-3,6-7H,4-5,14H2,1H3,(H,15,16);1H. The maximum Gasteiger partial charge on any atom is 0.260 e. The van der Waals surface area contributed by atoms with E-state index in [9.17, 15) is 4.79 Å². The molecule has 1 amide bonds. The molecule has 0 spiro atoms. The first-order valence-corrected chi connectivity index (χ1v) is 5.89. The van der Waals surface area contributed by atoms with Gasteiger partial charge < -0.3 is 15.8 Å². The lowest BCUT2D eigenvalue weighted by atomic mass is 10.3. The maximum absolute atomic E-state index is 11.5. The van der Waals surface area contributed by atoms with Gasteiger partial charge in [-0.3, -0.25) is 4.79 Å². The fraction of sp³-hybridized carbons (Fsp3) is 0.364. The number of nitrogens with two attached hydrogens (primary N) is 1. The number of hydrogen-bond acceptors (Lipinski definition) is 3. The van der Waals surface area contributed by atoms with Crippen molar-refractivity contribution < 1.29 is 9.53 Å². The summed E-state index contributed by atoms with van der Waals surface area (Å²) < 4.78 is 5.41. The molecule has 1 atom stereocenters. The SMILES string of the molecule is CC(Oc1ccc(Cl)c(Cl)c1)C(=O)NCCN.Cl. The lowest BCUT2D eigenvalue weighted by molar-refractivity contribution is -0.127. The van der Waals surface area contributed by atoms with Gasteiger partial charge in [0.1, 0.15) is 5.75 Å². The van der Waals surface area contributed by atoms with Crippen LogP contribution in [-0.2, 0) is 4.79 Å². The normalized spacial score (nSPS) is 11.3. The van der Waals surface area contributed by atoms with Crippen molar-refractivity contribution in [3.05, 3.63) is 28.2 Å². The number of halogens is 3. The molecule has 0 aliphatic carbocycles. The molecule has 0 aliphatic heterocycles. The molecule has 1 aromatic carbocycles.